The van der Waals surface area contributed by atoms with Gasteiger partial charge in [-0.2, -0.15) is 0 Å². The molecule has 126 valence electrons. The third-order valence-corrected chi connectivity index (χ3v) is 3.57. The molecule has 0 aromatic carbocycles. The Labute approximate surface area is 140 Å². The first-order chi connectivity index (χ1) is 11.9. The minimum absolute atomic E-state index is 0.525. The van der Waals surface area contributed by atoms with Crippen LogP contribution in [0.25, 0.3) is 5.65 Å². The highest BCUT2D eigenvalue weighted by atomic mass is 16.3. The van der Waals surface area contributed by atoms with Crippen molar-refractivity contribution in [3.05, 3.63) is 54.4 Å². The molecule has 0 atom stereocenters. The lowest BCUT2D eigenvalue weighted by Gasteiger charge is -2.10. The Bertz CT molecular complexity index is 777. The number of nitrogens with zero attached hydrogens (tertiary/aromatic N) is 4. The Morgan fingerprint density at radius 2 is 2.17 bits per heavy atom. The highest BCUT2D eigenvalue weighted by Crippen LogP contribution is 2.05. The van der Waals surface area contributed by atoms with Crippen LogP contribution in [0.1, 0.15) is 24.9 Å². The summed E-state index contributed by atoms with van der Waals surface area (Å²) in [6, 6.07) is 9.70. The van der Waals surface area contributed by atoms with Gasteiger partial charge in [0.1, 0.15) is 18.1 Å². The van der Waals surface area contributed by atoms with Crippen molar-refractivity contribution in [1.29, 1.82) is 0 Å². The van der Waals surface area contributed by atoms with E-state index >= 15 is 0 Å². The smallest absolute Gasteiger partial charge is 0.191 e. The van der Waals surface area contributed by atoms with Crippen LogP contribution in [0.3, 0.4) is 0 Å². The zero-order valence-corrected chi connectivity index (χ0v) is 13.8. The Kier molecular flexibility index (Phi) is 5.44. The highest BCUT2D eigenvalue weighted by molar-refractivity contribution is 5.79. The Hall–Kier alpha value is -2.83. The molecule has 3 aromatic heterocycles. The largest absolute Gasteiger partial charge is 0.467 e. The molecule has 7 nitrogen and oxygen atoms in total. The van der Waals surface area contributed by atoms with E-state index < -0.39 is 0 Å². The second-order valence-electron chi connectivity index (χ2n) is 5.35. The van der Waals surface area contributed by atoms with E-state index in [1.54, 1.807) is 6.26 Å². The quantitative estimate of drug-likeness (QED) is 0.394. The molecule has 7 heteroatoms. The van der Waals surface area contributed by atoms with Crippen molar-refractivity contribution in [2.75, 3.05) is 13.1 Å². The molecule has 0 bridgehead atoms. The van der Waals surface area contributed by atoms with Gasteiger partial charge in [-0.1, -0.05) is 6.07 Å². The predicted octanol–water partition coefficient (Wildman–Crippen LogP) is 2.01. The summed E-state index contributed by atoms with van der Waals surface area (Å²) < 4.78 is 7.32. The summed E-state index contributed by atoms with van der Waals surface area (Å²) in [4.78, 5) is 4.51. The molecule has 0 aliphatic carbocycles. The second kappa shape index (κ2) is 8.14. The molecule has 0 saturated carbocycles. The number of furan rings is 1. The fraction of sp³-hybridized carbons (Fsp3) is 0.353. The van der Waals surface area contributed by atoms with E-state index in [2.05, 4.69) is 25.8 Å². The van der Waals surface area contributed by atoms with Gasteiger partial charge >= 0.3 is 0 Å². The molecule has 0 unspecified atom stereocenters. The molecule has 0 spiro atoms. The third kappa shape index (κ3) is 4.13. The van der Waals surface area contributed by atoms with Crippen molar-refractivity contribution < 1.29 is 4.42 Å². The Morgan fingerprint density at radius 3 is 3.00 bits per heavy atom. The number of guanidine groups is 1. The van der Waals surface area contributed by atoms with Gasteiger partial charge in [0.05, 0.1) is 6.26 Å². The average molecular weight is 326 g/mol. The summed E-state index contributed by atoms with van der Waals surface area (Å²) in [5, 5.41) is 15.0. The Balaban J connectivity index is 1.49. The number of nitrogens with one attached hydrogen (secondary N) is 2. The molecule has 0 aliphatic heterocycles. The minimum Gasteiger partial charge on any atom is -0.467 e. The normalized spacial score (nSPS) is 11.8. The van der Waals surface area contributed by atoms with Gasteiger partial charge < -0.3 is 15.1 Å². The predicted molar refractivity (Wildman–Crippen MR) is 92.8 cm³/mol. The first-order valence-corrected chi connectivity index (χ1v) is 8.20. The minimum atomic E-state index is 0.525. The lowest BCUT2D eigenvalue weighted by Crippen LogP contribution is -2.37. The van der Waals surface area contributed by atoms with E-state index in [0.29, 0.717) is 6.54 Å². The van der Waals surface area contributed by atoms with Crippen LogP contribution in [0.2, 0.25) is 0 Å². The van der Waals surface area contributed by atoms with Crippen LogP contribution >= 0.6 is 0 Å². The molecule has 2 N–H and O–H groups in total. The van der Waals surface area contributed by atoms with Crippen LogP contribution in [0.5, 0.6) is 0 Å². The molecule has 0 aliphatic rings. The third-order valence-electron chi connectivity index (χ3n) is 3.57. The van der Waals surface area contributed by atoms with Crippen LogP contribution in [0, 0.1) is 0 Å². The molecule has 0 saturated heterocycles. The molecule has 0 fully saturated rings. The number of fused-ring (bicyclic) bond motifs is 1. The van der Waals surface area contributed by atoms with Gasteiger partial charge in [-0.25, -0.2) is 4.99 Å². The number of hydrogen-bond acceptors (Lipinski definition) is 4. The fourth-order valence-electron chi connectivity index (χ4n) is 2.42. The van der Waals surface area contributed by atoms with Crippen molar-refractivity contribution >= 4 is 11.6 Å². The van der Waals surface area contributed by atoms with Gasteiger partial charge in [0, 0.05) is 25.7 Å². The summed E-state index contributed by atoms with van der Waals surface area (Å²) in [6.07, 6.45) is 5.46. The van der Waals surface area contributed by atoms with Gasteiger partial charge in [-0.05, 0) is 37.6 Å². The van der Waals surface area contributed by atoms with Crippen LogP contribution in [-0.4, -0.2) is 33.6 Å². The SMILES string of the molecule is CCNC(=NCc1ccco1)NCCCc1nnc2ccccn12. The Morgan fingerprint density at radius 1 is 1.21 bits per heavy atom. The zero-order valence-electron chi connectivity index (χ0n) is 13.8. The molecular formula is C17H22N6O. The summed E-state index contributed by atoms with van der Waals surface area (Å²) in [7, 11) is 0. The summed E-state index contributed by atoms with van der Waals surface area (Å²) in [6.45, 7) is 4.20. The van der Waals surface area contributed by atoms with Crippen LogP contribution in [0.4, 0.5) is 0 Å². The van der Waals surface area contributed by atoms with Crippen LogP contribution in [0.15, 0.2) is 52.2 Å². The maximum atomic E-state index is 5.30. The first kappa shape index (κ1) is 16.0. The van der Waals surface area contributed by atoms with E-state index in [9.17, 15) is 0 Å². The summed E-state index contributed by atoms with van der Waals surface area (Å²) >= 11 is 0. The van der Waals surface area contributed by atoms with E-state index in [-0.39, 0.29) is 0 Å². The molecule has 0 amide bonds. The maximum absolute atomic E-state index is 5.30. The number of rotatable bonds is 7. The molecule has 3 heterocycles. The van der Waals surface area contributed by atoms with Gasteiger partial charge in [-0.3, -0.25) is 4.40 Å². The van der Waals surface area contributed by atoms with Gasteiger partial charge in [0.15, 0.2) is 11.6 Å². The van der Waals surface area contributed by atoms with E-state index in [1.165, 1.54) is 0 Å². The van der Waals surface area contributed by atoms with E-state index in [4.69, 9.17) is 4.42 Å². The summed E-state index contributed by atoms with van der Waals surface area (Å²) in [5.74, 6) is 2.62. The zero-order chi connectivity index (χ0) is 16.6. The molecule has 3 aromatic rings. The van der Waals surface area contributed by atoms with Crippen molar-refractivity contribution in [3.8, 4) is 0 Å². The number of hydrogen-bond donors (Lipinski definition) is 2. The van der Waals surface area contributed by atoms with E-state index in [1.807, 2.05) is 47.9 Å². The second-order valence-corrected chi connectivity index (χ2v) is 5.35. The lowest BCUT2D eigenvalue weighted by atomic mass is 10.3. The summed E-state index contributed by atoms with van der Waals surface area (Å²) in [5.41, 5.74) is 0.883. The van der Waals surface area contributed by atoms with Gasteiger partial charge in [-0.15, -0.1) is 10.2 Å². The van der Waals surface area contributed by atoms with Gasteiger partial charge in [0.2, 0.25) is 0 Å². The van der Waals surface area contributed by atoms with Crippen molar-refractivity contribution in [2.45, 2.75) is 26.3 Å². The first-order valence-electron chi connectivity index (χ1n) is 8.20. The maximum Gasteiger partial charge on any atom is 0.191 e. The van der Waals surface area contributed by atoms with Crippen molar-refractivity contribution in [2.24, 2.45) is 4.99 Å². The van der Waals surface area contributed by atoms with Crippen LogP contribution in [-0.2, 0) is 13.0 Å². The van der Waals surface area contributed by atoms with Gasteiger partial charge in [0.25, 0.3) is 0 Å². The molecule has 24 heavy (non-hydrogen) atoms. The molecule has 3 rings (SSSR count). The fourth-order valence-corrected chi connectivity index (χ4v) is 2.42. The van der Waals surface area contributed by atoms with Crippen molar-refractivity contribution in [1.82, 2.24) is 25.2 Å². The van der Waals surface area contributed by atoms with E-state index in [0.717, 1.165) is 49.1 Å². The standard InChI is InChI=1S/C17H22N6O/c1-2-18-17(20-13-14-7-6-12-24-14)19-10-5-9-16-22-21-15-8-3-4-11-23(15)16/h3-4,6-8,11-12H,2,5,9-10,13H2,1H3,(H2,18,19,20). The number of aryl methyl sites for hydroxylation is 1. The molecular weight excluding hydrogens is 304 g/mol. The number of aliphatic imine (C=N–C) groups is 1. The lowest BCUT2D eigenvalue weighted by molar-refractivity contribution is 0.512. The van der Waals surface area contributed by atoms with Crippen molar-refractivity contribution in [3.63, 3.8) is 0 Å². The highest BCUT2D eigenvalue weighted by Gasteiger charge is 2.04. The molecule has 0 radical (unpaired) electrons. The number of pyridine rings is 1. The van der Waals surface area contributed by atoms with Crippen LogP contribution < -0.4 is 10.6 Å². The number of aromatic nitrogens is 3. The monoisotopic (exact) mass is 326 g/mol. The average Bonchev–Trinajstić information content (AvgIpc) is 3.26. The topological polar surface area (TPSA) is 79.8 Å².